The number of pyridine rings is 1. The molecule has 3 rings (SSSR count). The molecule has 0 spiro atoms. The number of carbonyl (C=O) groups is 1. The third-order valence-corrected chi connectivity index (χ3v) is 7.90. The average molecular weight is 446 g/mol. The Labute approximate surface area is 184 Å². The van der Waals surface area contributed by atoms with Gasteiger partial charge in [-0.2, -0.15) is 17.0 Å². The highest BCUT2D eigenvalue weighted by Gasteiger charge is 2.32. The van der Waals surface area contributed by atoms with Crippen LogP contribution in [0, 0.1) is 0 Å². The molecule has 31 heavy (non-hydrogen) atoms. The Morgan fingerprint density at radius 2 is 1.77 bits per heavy atom. The van der Waals surface area contributed by atoms with E-state index in [0.29, 0.717) is 51.1 Å². The molecule has 0 atom stereocenters. The first-order valence-corrected chi connectivity index (χ1v) is 12.1. The number of hydrogen-bond acceptors (Lipinski definition) is 5. The lowest BCUT2D eigenvalue weighted by Crippen LogP contribution is -2.46. The quantitative estimate of drug-likeness (QED) is 0.648. The molecule has 1 aromatic heterocycles. The maximum atomic E-state index is 12.7. The van der Waals surface area contributed by atoms with E-state index in [1.165, 1.54) is 4.31 Å². The van der Waals surface area contributed by atoms with E-state index >= 15 is 0 Å². The summed E-state index contributed by atoms with van der Waals surface area (Å²) in [5.74, 6) is 0.0497. The number of nitrogens with one attached hydrogen (secondary N) is 1. The summed E-state index contributed by atoms with van der Waals surface area (Å²) in [6.07, 6.45) is 1.35. The molecule has 0 saturated carbocycles. The Hall–Kier alpha value is -2.49. The van der Waals surface area contributed by atoms with Crippen LogP contribution in [-0.4, -0.2) is 54.1 Å². The van der Waals surface area contributed by atoms with Gasteiger partial charge in [-0.15, -0.1) is 0 Å². The van der Waals surface area contributed by atoms with Gasteiger partial charge in [0.25, 0.3) is 16.1 Å². The lowest BCUT2D eigenvalue weighted by Gasteiger charge is -2.34. The maximum absolute atomic E-state index is 12.7. The summed E-state index contributed by atoms with van der Waals surface area (Å²) in [6.45, 7) is 5.93. The van der Waals surface area contributed by atoms with Crippen molar-refractivity contribution in [3.05, 3.63) is 59.3 Å². The molecule has 1 fully saturated rings. The smallest absolute Gasteiger partial charge is 0.281 e. The van der Waals surface area contributed by atoms with E-state index in [0.717, 1.165) is 11.3 Å². The molecule has 3 N–H and O–H groups in total. The van der Waals surface area contributed by atoms with Crippen molar-refractivity contribution in [3.8, 4) is 0 Å². The number of anilines is 1. The van der Waals surface area contributed by atoms with Crippen LogP contribution >= 0.6 is 0 Å². The number of amides is 1. The van der Waals surface area contributed by atoms with Crippen LogP contribution in [0.25, 0.3) is 0 Å². The number of aromatic nitrogens is 1. The molecule has 0 bridgehead atoms. The monoisotopic (exact) mass is 445 g/mol. The van der Waals surface area contributed by atoms with Gasteiger partial charge in [-0.3, -0.25) is 4.79 Å². The molecule has 1 amide bonds. The standard InChI is InChI=1S/C22H31N5O3S/c1-3-26(4-2)31(29,30)27-14-12-18(13-15-27)20-11-10-19(21(23)25-20)22(28)24-16-17-8-6-5-7-9-17/h5-11,18H,3-4,12-16H2,1-2H3,(H2,23,25)(H,24,28). The first-order valence-electron chi connectivity index (χ1n) is 10.7. The summed E-state index contributed by atoms with van der Waals surface area (Å²) in [4.78, 5) is 17.0. The van der Waals surface area contributed by atoms with Crippen molar-refractivity contribution < 1.29 is 13.2 Å². The molecule has 0 aliphatic carbocycles. The summed E-state index contributed by atoms with van der Waals surface area (Å²) < 4.78 is 28.4. The molecular formula is C22H31N5O3S. The van der Waals surface area contributed by atoms with Crippen LogP contribution in [0.2, 0.25) is 0 Å². The molecule has 0 unspecified atom stereocenters. The molecule has 2 heterocycles. The van der Waals surface area contributed by atoms with Crippen LogP contribution in [0.15, 0.2) is 42.5 Å². The minimum atomic E-state index is -3.42. The van der Waals surface area contributed by atoms with Crippen molar-refractivity contribution in [2.75, 3.05) is 31.9 Å². The van der Waals surface area contributed by atoms with Crippen LogP contribution < -0.4 is 11.1 Å². The number of nitrogen functional groups attached to an aromatic ring is 1. The fourth-order valence-electron chi connectivity index (χ4n) is 3.88. The summed E-state index contributed by atoms with van der Waals surface area (Å²) in [7, 11) is -3.42. The lowest BCUT2D eigenvalue weighted by molar-refractivity contribution is 0.0951. The fraction of sp³-hybridized carbons (Fsp3) is 0.455. The van der Waals surface area contributed by atoms with Crippen molar-refractivity contribution in [3.63, 3.8) is 0 Å². The molecule has 9 heteroatoms. The zero-order valence-electron chi connectivity index (χ0n) is 18.1. The van der Waals surface area contributed by atoms with Crippen molar-refractivity contribution in [1.29, 1.82) is 0 Å². The van der Waals surface area contributed by atoms with Crippen molar-refractivity contribution in [1.82, 2.24) is 18.9 Å². The zero-order valence-corrected chi connectivity index (χ0v) is 18.9. The van der Waals surface area contributed by atoms with Gasteiger partial charge < -0.3 is 11.1 Å². The first-order chi connectivity index (χ1) is 14.9. The van der Waals surface area contributed by atoms with E-state index in [-0.39, 0.29) is 17.6 Å². The van der Waals surface area contributed by atoms with E-state index in [9.17, 15) is 13.2 Å². The number of carbonyl (C=O) groups excluding carboxylic acids is 1. The van der Waals surface area contributed by atoms with E-state index in [1.807, 2.05) is 50.2 Å². The minimum absolute atomic E-state index is 0.117. The predicted octanol–water partition coefficient (Wildman–Crippen LogP) is 2.36. The molecule has 168 valence electrons. The molecule has 0 radical (unpaired) electrons. The van der Waals surface area contributed by atoms with Crippen molar-refractivity contribution in [2.24, 2.45) is 0 Å². The van der Waals surface area contributed by atoms with Gasteiger partial charge in [0.2, 0.25) is 0 Å². The first kappa shape index (κ1) is 23.2. The Morgan fingerprint density at radius 1 is 1.13 bits per heavy atom. The highest BCUT2D eigenvalue weighted by molar-refractivity contribution is 7.86. The third kappa shape index (κ3) is 5.41. The van der Waals surface area contributed by atoms with Crippen molar-refractivity contribution >= 4 is 21.9 Å². The topological polar surface area (TPSA) is 109 Å². The van der Waals surface area contributed by atoms with E-state index in [1.54, 1.807) is 10.4 Å². The van der Waals surface area contributed by atoms with Gasteiger partial charge in [-0.25, -0.2) is 4.98 Å². The summed E-state index contributed by atoms with van der Waals surface area (Å²) in [6, 6.07) is 13.2. The average Bonchev–Trinajstić information content (AvgIpc) is 2.79. The van der Waals surface area contributed by atoms with E-state index in [2.05, 4.69) is 10.3 Å². The van der Waals surface area contributed by atoms with Gasteiger partial charge in [0.05, 0.1) is 5.56 Å². The van der Waals surface area contributed by atoms with Gasteiger partial charge in [0, 0.05) is 44.3 Å². The number of nitrogens with zero attached hydrogens (tertiary/aromatic N) is 3. The van der Waals surface area contributed by atoms with Crippen LogP contribution in [0.5, 0.6) is 0 Å². The number of hydrogen-bond donors (Lipinski definition) is 2. The fourth-order valence-corrected chi connectivity index (χ4v) is 5.53. The Kier molecular flexibility index (Phi) is 7.64. The lowest BCUT2D eigenvalue weighted by atomic mass is 9.93. The number of rotatable bonds is 8. The minimum Gasteiger partial charge on any atom is -0.383 e. The highest BCUT2D eigenvalue weighted by Crippen LogP contribution is 2.29. The molecule has 1 saturated heterocycles. The van der Waals surface area contributed by atoms with Gasteiger partial charge in [0.1, 0.15) is 5.82 Å². The van der Waals surface area contributed by atoms with Gasteiger partial charge in [-0.05, 0) is 30.5 Å². The van der Waals surface area contributed by atoms with Gasteiger partial charge in [-0.1, -0.05) is 44.2 Å². The van der Waals surface area contributed by atoms with Crippen LogP contribution in [0.4, 0.5) is 5.82 Å². The summed E-state index contributed by atoms with van der Waals surface area (Å²) in [5.41, 5.74) is 8.24. The second kappa shape index (κ2) is 10.2. The molecule has 1 aromatic carbocycles. The Bertz CT molecular complexity index is 985. The summed E-state index contributed by atoms with van der Waals surface area (Å²) in [5, 5.41) is 2.86. The largest absolute Gasteiger partial charge is 0.383 e. The molecular weight excluding hydrogens is 414 g/mol. The van der Waals surface area contributed by atoms with Crippen LogP contribution in [0.3, 0.4) is 0 Å². The molecule has 2 aromatic rings. The maximum Gasteiger partial charge on any atom is 0.281 e. The number of nitrogens with two attached hydrogens (primary N) is 1. The molecule has 1 aliphatic heterocycles. The number of benzene rings is 1. The van der Waals surface area contributed by atoms with Crippen molar-refractivity contribution in [2.45, 2.75) is 39.2 Å². The van der Waals surface area contributed by atoms with E-state index < -0.39 is 10.2 Å². The SMILES string of the molecule is CCN(CC)S(=O)(=O)N1CCC(c2ccc(C(=O)NCc3ccccc3)c(N)n2)CC1. The van der Waals surface area contributed by atoms with Gasteiger partial charge >= 0.3 is 0 Å². The summed E-state index contributed by atoms with van der Waals surface area (Å²) >= 11 is 0. The Morgan fingerprint density at radius 3 is 2.35 bits per heavy atom. The third-order valence-electron chi connectivity index (χ3n) is 5.72. The second-order valence-corrected chi connectivity index (χ2v) is 9.53. The van der Waals surface area contributed by atoms with E-state index in [4.69, 9.17) is 5.73 Å². The number of piperidine rings is 1. The van der Waals surface area contributed by atoms with Gasteiger partial charge in [0.15, 0.2) is 0 Å². The normalized spacial score (nSPS) is 15.8. The second-order valence-electron chi connectivity index (χ2n) is 7.60. The van der Waals surface area contributed by atoms with Crippen LogP contribution in [-0.2, 0) is 16.8 Å². The predicted molar refractivity (Wildman–Crippen MR) is 122 cm³/mol. The highest BCUT2D eigenvalue weighted by atomic mass is 32.2. The molecule has 1 aliphatic rings. The van der Waals surface area contributed by atoms with Crippen LogP contribution in [0.1, 0.15) is 54.2 Å². The zero-order chi connectivity index (χ0) is 22.4. The molecule has 8 nitrogen and oxygen atoms in total. The Balaban J connectivity index is 1.61.